The van der Waals surface area contributed by atoms with Crippen LogP contribution in [0.5, 0.6) is 5.75 Å². The average Bonchev–Trinajstić information content (AvgIpc) is 2.56. The molecule has 7 nitrogen and oxygen atoms in total. The van der Waals surface area contributed by atoms with Gasteiger partial charge in [0.1, 0.15) is 0 Å². The number of benzene rings is 1. The third-order valence-corrected chi connectivity index (χ3v) is 4.10. The quantitative estimate of drug-likeness (QED) is 0.732. The van der Waals surface area contributed by atoms with Gasteiger partial charge in [-0.3, -0.25) is 14.5 Å². The van der Waals surface area contributed by atoms with E-state index in [0.29, 0.717) is 23.5 Å². The Morgan fingerprint density at radius 3 is 2.88 bits per heavy atom. The van der Waals surface area contributed by atoms with Crippen LogP contribution in [0.25, 0.3) is 0 Å². The Morgan fingerprint density at radius 1 is 1.38 bits per heavy atom. The van der Waals surface area contributed by atoms with E-state index in [0.717, 1.165) is 32.7 Å². The SMILES string of the molecule is CC1Oc2c(cccc2C(=O)NCCN2CCNCC2)NC1=O.Cl. The topological polar surface area (TPSA) is 82.7 Å². The predicted octanol–water partition coefficient (Wildman–Crippen LogP) is 0.463. The second-order valence-electron chi connectivity index (χ2n) is 5.78. The lowest BCUT2D eigenvalue weighted by molar-refractivity contribution is -0.122. The lowest BCUT2D eigenvalue weighted by atomic mass is 10.1. The fourth-order valence-electron chi connectivity index (χ4n) is 2.76. The number of carbonyl (C=O) groups is 2. The van der Waals surface area contributed by atoms with E-state index < -0.39 is 6.10 Å². The standard InChI is InChI=1S/C16H22N4O3.ClH/c1-11-15(21)19-13-4-2-3-12(14(13)23-11)16(22)18-7-10-20-8-5-17-6-9-20;/h2-4,11,17H,5-10H2,1H3,(H,18,22)(H,19,21);1H. The maximum atomic E-state index is 12.4. The first-order valence-corrected chi connectivity index (χ1v) is 7.97. The van der Waals surface area contributed by atoms with Crippen LogP contribution in [0, 0.1) is 0 Å². The van der Waals surface area contributed by atoms with E-state index in [4.69, 9.17) is 4.74 Å². The number of hydrogen-bond acceptors (Lipinski definition) is 5. The Bertz CT molecular complexity index is 605. The molecular formula is C16H23ClN4O3. The van der Waals surface area contributed by atoms with E-state index in [1.54, 1.807) is 25.1 Å². The summed E-state index contributed by atoms with van der Waals surface area (Å²) >= 11 is 0. The zero-order valence-electron chi connectivity index (χ0n) is 13.6. The number of anilines is 1. The van der Waals surface area contributed by atoms with Gasteiger partial charge in [0.25, 0.3) is 11.8 Å². The molecule has 2 amide bonds. The molecule has 2 aliphatic heterocycles. The molecule has 8 heteroatoms. The van der Waals surface area contributed by atoms with Gasteiger partial charge in [-0.05, 0) is 19.1 Å². The van der Waals surface area contributed by atoms with E-state index in [1.807, 2.05) is 0 Å². The van der Waals surface area contributed by atoms with Crippen molar-refractivity contribution in [1.29, 1.82) is 0 Å². The van der Waals surface area contributed by atoms with Crippen LogP contribution in [0.15, 0.2) is 18.2 Å². The third-order valence-electron chi connectivity index (χ3n) is 4.10. The van der Waals surface area contributed by atoms with Crippen LogP contribution in [0.3, 0.4) is 0 Å². The summed E-state index contributed by atoms with van der Waals surface area (Å²) in [4.78, 5) is 26.4. The molecule has 2 heterocycles. The fraction of sp³-hybridized carbons (Fsp3) is 0.500. The molecule has 1 unspecified atom stereocenters. The van der Waals surface area contributed by atoms with Gasteiger partial charge < -0.3 is 20.7 Å². The number of hydrogen-bond donors (Lipinski definition) is 3. The predicted molar refractivity (Wildman–Crippen MR) is 94.1 cm³/mol. The molecule has 3 rings (SSSR count). The van der Waals surface area contributed by atoms with Crippen molar-refractivity contribution in [1.82, 2.24) is 15.5 Å². The van der Waals surface area contributed by atoms with Crippen molar-refractivity contribution in [3.63, 3.8) is 0 Å². The largest absolute Gasteiger partial charge is 0.478 e. The lowest BCUT2D eigenvalue weighted by Gasteiger charge is -2.27. The molecule has 1 fully saturated rings. The first-order valence-electron chi connectivity index (χ1n) is 7.97. The zero-order valence-corrected chi connectivity index (χ0v) is 14.4. The summed E-state index contributed by atoms with van der Waals surface area (Å²) in [6.45, 7) is 7.07. The Labute approximate surface area is 147 Å². The van der Waals surface area contributed by atoms with E-state index in [1.165, 1.54) is 0 Å². The molecule has 0 radical (unpaired) electrons. The number of fused-ring (bicyclic) bond motifs is 1. The Morgan fingerprint density at radius 2 is 2.12 bits per heavy atom. The molecule has 1 atom stereocenters. The highest BCUT2D eigenvalue weighted by Crippen LogP contribution is 2.33. The molecule has 1 saturated heterocycles. The molecule has 1 aromatic rings. The number of ether oxygens (including phenoxy) is 1. The van der Waals surface area contributed by atoms with Gasteiger partial charge in [-0.25, -0.2) is 0 Å². The molecule has 0 aromatic heterocycles. The smallest absolute Gasteiger partial charge is 0.265 e. The Kier molecular flexibility index (Phi) is 6.42. The van der Waals surface area contributed by atoms with Crippen molar-refractivity contribution < 1.29 is 14.3 Å². The van der Waals surface area contributed by atoms with Crippen LogP contribution in [-0.4, -0.2) is 62.1 Å². The summed E-state index contributed by atoms with van der Waals surface area (Å²) in [7, 11) is 0. The van der Waals surface area contributed by atoms with Crippen molar-refractivity contribution in [2.45, 2.75) is 13.0 Å². The lowest BCUT2D eigenvalue weighted by Crippen LogP contribution is -2.46. The molecular weight excluding hydrogens is 332 g/mol. The molecule has 0 spiro atoms. The normalized spacial score (nSPS) is 20.2. The zero-order chi connectivity index (χ0) is 16.2. The number of halogens is 1. The van der Waals surface area contributed by atoms with Crippen molar-refractivity contribution in [3.05, 3.63) is 23.8 Å². The molecule has 0 saturated carbocycles. The Hall–Kier alpha value is -1.83. The van der Waals surface area contributed by atoms with Crippen LogP contribution in [0.2, 0.25) is 0 Å². The van der Waals surface area contributed by atoms with Crippen LogP contribution in [0.4, 0.5) is 5.69 Å². The van der Waals surface area contributed by atoms with Crippen LogP contribution in [-0.2, 0) is 4.79 Å². The summed E-state index contributed by atoms with van der Waals surface area (Å²) in [5.74, 6) is 0.0633. The van der Waals surface area contributed by atoms with Gasteiger partial charge in [-0.2, -0.15) is 0 Å². The van der Waals surface area contributed by atoms with Crippen LogP contribution >= 0.6 is 12.4 Å². The fourth-order valence-corrected chi connectivity index (χ4v) is 2.76. The minimum absolute atomic E-state index is 0. The van der Waals surface area contributed by atoms with E-state index in [-0.39, 0.29) is 24.2 Å². The van der Waals surface area contributed by atoms with Gasteiger partial charge in [0.2, 0.25) is 0 Å². The van der Waals surface area contributed by atoms with Crippen molar-refractivity contribution in [2.24, 2.45) is 0 Å². The molecule has 0 aliphatic carbocycles. The summed E-state index contributed by atoms with van der Waals surface area (Å²) in [6, 6.07) is 5.18. The summed E-state index contributed by atoms with van der Waals surface area (Å²) in [5.41, 5.74) is 0.998. The monoisotopic (exact) mass is 354 g/mol. The van der Waals surface area contributed by atoms with E-state index >= 15 is 0 Å². The van der Waals surface area contributed by atoms with Crippen LogP contribution in [0.1, 0.15) is 17.3 Å². The van der Waals surface area contributed by atoms with Gasteiger partial charge in [-0.15, -0.1) is 12.4 Å². The van der Waals surface area contributed by atoms with Crippen LogP contribution < -0.4 is 20.7 Å². The first kappa shape index (κ1) is 18.5. The molecule has 24 heavy (non-hydrogen) atoms. The first-order chi connectivity index (χ1) is 11.1. The minimum Gasteiger partial charge on any atom is -0.478 e. The number of carbonyl (C=O) groups excluding carboxylic acids is 2. The van der Waals surface area contributed by atoms with Gasteiger partial charge in [-0.1, -0.05) is 6.07 Å². The van der Waals surface area contributed by atoms with Gasteiger partial charge in [0.15, 0.2) is 11.9 Å². The number of para-hydroxylation sites is 1. The molecule has 1 aromatic carbocycles. The number of piperazine rings is 1. The number of nitrogens with zero attached hydrogens (tertiary/aromatic N) is 1. The van der Waals surface area contributed by atoms with Gasteiger partial charge in [0, 0.05) is 39.3 Å². The molecule has 2 aliphatic rings. The maximum absolute atomic E-state index is 12.4. The van der Waals surface area contributed by atoms with Gasteiger partial charge >= 0.3 is 0 Å². The second-order valence-corrected chi connectivity index (χ2v) is 5.78. The molecule has 3 N–H and O–H groups in total. The molecule has 132 valence electrons. The Balaban J connectivity index is 0.00000208. The van der Waals surface area contributed by atoms with E-state index in [9.17, 15) is 9.59 Å². The molecule has 0 bridgehead atoms. The number of amides is 2. The van der Waals surface area contributed by atoms with Crippen molar-refractivity contribution >= 4 is 29.9 Å². The number of rotatable bonds is 4. The highest BCUT2D eigenvalue weighted by atomic mass is 35.5. The average molecular weight is 355 g/mol. The summed E-state index contributed by atoms with van der Waals surface area (Å²) < 4.78 is 5.60. The summed E-state index contributed by atoms with van der Waals surface area (Å²) in [6.07, 6.45) is -0.600. The highest BCUT2D eigenvalue weighted by Gasteiger charge is 2.27. The van der Waals surface area contributed by atoms with E-state index in [2.05, 4.69) is 20.9 Å². The minimum atomic E-state index is -0.600. The number of nitrogens with one attached hydrogen (secondary N) is 3. The highest BCUT2D eigenvalue weighted by molar-refractivity contribution is 6.03. The summed E-state index contributed by atoms with van der Waals surface area (Å²) in [5, 5.41) is 8.98. The van der Waals surface area contributed by atoms with Crippen molar-refractivity contribution in [3.8, 4) is 5.75 Å². The van der Waals surface area contributed by atoms with Gasteiger partial charge in [0.05, 0.1) is 11.3 Å². The third kappa shape index (κ3) is 4.17. The second kappa shape index (κ2) is 8.32. The van der Waals surface area contributed by atoms with Crippen molar-refractivity contribution in [2.75, 3.05) is 44.6 Å². The maximum Gasteiger partial charge on any atom is 0.265 e.